The third-order valence-corrected chi connectivity index (χ3v) is 7.09. The maximum absolute atomic E-state index is 12.9. The third-order valence-electron chi connectivity index (χ3n) is 7.09. The van der Waals surface area contributed by atoms with E-state index >= 15 is 0 Å². The number of hydrogen-bond donors (Lipinski definition) is 0. The molecule has 0 aromatic heterocycles. The lowest BCUT2D eigenvalue weighted by Crippen LogP contribution is -2.60. The van der Waals surface area contributed by atoms with E-state index < -0.39 is 5.41 Å². The second kappa shape index (κ2) is 5.81. The summed E-state index contributed by atoms with van der Waals surface area (Å²) in [5, 5.41) is 0. The first-order chi connectivity index (χ1) is 10.5. The topological polar surface area (TPSA) is 35.5 Å². The van der Waals surface area contributed by atoms with E-state index in [4.69, 9.17) is 9.47 Å². The van der Waals surface area contributed by atoms with Crippen molar-refractivity contribution in [3.63, 3.8) is 0 Å². The van der Waals surface area contributed by atoms with Gasteiger partial charge in [0.2, 0.25) is 0 Å². The second-order valence-corrected chi connectivity index (χ2v) is 8.35. The van der Waals surface area contributed by atoms with E-state index in [0.29, 0.717) is 18.4 Å². The highest BCUT2D eigenvalue weighted by molar-refractivity contribution is 5.77. The molecule has 0 amide bonds. The van der Waals surface area contributed by atoms with Crippen molar-refractivity contribution in [2.24, 2.45) is 29.1 Å². The van der Waals surface area contributed by atoms with Crippen LogP contribution in [0.2, 0.25) is 0 Å². The zero-order valence-corrected chi connectivity index (χ0v) is 14.7. The van der Waals surface area contributed by atoms with Crippen LogP contribution in [0.15, 0.2) is 0 Å². The molecule has 0 radical (unpaired) electrons. The fourth-order valence-electron chi connectivity index (χ4n) is 5.72. The summed E-state index contributed by atoms with van der Waals surface area (Å²) in [5.41, 5.74) is -0.694. The van der Waals surface area contributed by atoms with Gasteiger partial charge in [0.15, 0.2) is 0 Å². The molecular weight excluding hydrogens is 276 g/mol. The summed E-state index contributed by atoms with van der Waals surface area (Å²) in [4.78, 5) is 12.9. The first-order valence-corrected chi connectivity index (χ1v) is 9.19. The molecule has 126 valence electrons. The second-order valence-electron chi connectivity index (χ2n) is 8.35. The van der Waals surface area contributed by atoms with Crippen molar-refractivity contribution in [1.29, 1.82) is 0 Å². The molecule has 1 atom stereocenters. The Hall–Kier alpha value is -0.570. The zero-order valence-electron chi connectivity index (χ0n) is 14.7. The molecule has 3 nitrogen and oxygen atoms in total. The molecule has 4 bridgehead atoms. The summed E-state index contributed by atoms with van der Waals surface area (Å²) < 4.78 is 11.6. The van der Waals surface area contributed by atoms with E-state index in [1.807, 2.05) is 6.92 Å². The van der Waals surface area contributed by atoms with Crippen molar-refractivity contribution in [1.82, 2.24) is 0 Å². The zero-order chi connectivity index (χ0) is 16.0. The average Bonchev–Trinajstić information content (AvgIpc) is 2.50. The van der Waals surface area contributed by atoms with E-state index in [0.717, 1.165) is 24.7 Å². The van der Waals surface area contributed by atoms with Crippen LogP contribution in [0.4, 0.5) is 0 Å². The molecule has 0 saturated heterocycles. The molecule has 1 unspecified atom stereocenters. The number of esters is 1. The van der Waals surface area contributed by atoms with Crippen molar-refractivity contribution in [2.45, 2.75) is 71.3 Å². The number of carbonyl (C=O) groups is 1. The summed E-state index contributed by atoms with van der Waals surface area (Å²) in [7, 11) is 1.67. The molecule has 4 rings (SSSR count). The molecule has 0 aliphatic heterocycles. The molecule has 0 N–H and O–H groups in total. The van der Waals surface area contributed by atoms with Gasteiger partial charge in [-0.2, -0.15) is 0 Å². The molecule has 0 heterocycles. The Morgan fingerprint density at radius 2 is 1.64 bits per heavy atom. The number of hydrogen-bond acceptors (Lipinski definition) is 3. The minimum absolute atomic E-state index is 0.0360. The van der Waals surface area contributed by atoms with E-state index in [9.17, 15) is 4.79 Å². The van der Waals surface area contributed by atoms with Crippen LogP contribution in [0.5, 0.6) is 0 Å². The highest BCUT2D eigenvalue weighted by atomic mass is 16.6. The lowest BCUT2D eigenvalue weighted by molar-refractivity contribution is -0.220. The number of rotatable bonds is 6. The minimum Gasteiger partial charge on any atom is -0.458 e. The van der Waals surface area contributed by atoms with Crippen molar-refractivity contribution >= 4 is 5.97 Å². The van der Waals surface area contributed by atoms with E-state index in [2.05, 4.69) is 13.8 Å². The van der Waals surface area contributed by atoms with Gasteiger partial charge in [0.1, 0.15) is 5.60 Å². The van der Waals surface area contributed by atoms with Crippen LogP contribution in [0.3, 0.4) is 0 Å². The molecule has 4 fully saturated rings. The Morgan fingerprint density at radius 3 is 2.05 bits per heavy atom. The predicted molar refractivity (Wildman–Crippen MR) is 86.4 cm³/mol. The fraction of sp³-hybridized carbons (Fsp3) is 0.947. The maximum Gasteiger partial charge on any atom is 0.314 e. The van der Waals surface area contributed by atoms with Gasteiger partial charge in [-0.3, -0.25) is 4.79 Å². The largest absolute Gasteiger partial charge is 0.458 e. The van der Waals surface area contributed by atoms with Gasteiger partial charge in [0.05, 0.1) is 12.0 Å². The molecule has 4 aliphatic carbocycles. The number of ether oxygens (including phenoxy) is 2. The van der Waals surface area contributed by atoms with Gasteiger partial charge in [0.25, 0.3) is 0 Å². The predicted octanol–water partition coefficient (Wildman–Crippen LogP) is 4.20. The molecule has 3 heteroatoms. The lowest BCUT2D eigenvalue weighted by Gasteiger charge is -2.60. The monoisotopic (exact) mass is 308 g/mol. The standard InChI is InChI=1S/C19H32O3/c1-5-18(3,12-21-4)17(20)22-19(6-2)15-8-13-7-14(10-15)11-16(19)9-13/h13-16H,5-12H2,1-4H3. The van der Waals surface area contributed by atoms with Gasteiger partial charge in [0, 0.05) is 7.11 Å². The van der Waals surface area contributed by atoms with E-state index in [1.165, 1.54) is 32.1 Å². The Bertz CT molecular complexity index is 402. The Labute approximate surface area is 135 Å². The Balaban J connectivity index is 1.81. The van der Waals surface area contributed by atoms with Gasteiger partial charge >= 0.3 is 5.97 Å². The smallest absolute Gasteiger partial charge is 0.314 e. The molecule has 0 spiro atoms. The first kappa shape index (κ1) is 16.3. The number of carbonyl (C=O) groups excluding carboxylic acids is 1. The normalized spacial score (nSPS) is 42.2. The van der Waals surface area contributed by atoms with Gasteiger partial charge in [-0.1, -0.05) is 13.8 Å². The van der Waals surface area contributed by atoms with Crippen LogP contribution in [-0.4, -0.2) is 25.3 Å². The molecule has 22 heavy (non-hydrogen) atoms. The SMILES string of the molecule is CCC(C)(COC)C(=O)OC1(CC)C2CC3CC(C2)CC1C3. The van der Waals surface area contributed by atoms with Gasteiger partial charge < -0.3 is 9.47 Å². The maximum atomic E-state index is 12.9. The van der Waals surface area contributed by atoms with Crippen molar-refractivity contribution in [3.8, 4) is 0 Å². The molecule has 0 aromatic rings. The highest BCUT2D eigenvalue weighted by Gasteiger charge is 2.59. The van der Waals surface area contributed by atoms with Crippen LogP contribution >= 0.6 is 0 Å². The van der Waals surface area contributed by atoms with Gasteiger partial charge in [-0.05, 0) is 75.5 Å². The molecule has 0 aromatic carbocycles. The van der Waals surface area contributed by atoms with Crippen LogP contribution < -0.4 is 0 Å². The summed E-state index contributed by atoms with van der Waals surface area (Å²) in [6, 6.07) is 0. The average molecular weight is 308 g/mol. The first-order valence-electron chi connectivity index (χ1n) is 9.19. The highest BCUT2D eigenvalue weighted by Crippen LogP contribution is 2.61. The fourth-order valence-corrected chi connectivity index (χ4v) is 5.72. The quantitative estimate of drug-likeness (QED) is 0.690. The van der Waals surface area contributed by atoms with Crippen molar-refractivity contribution < 1.29 is 14.3 Å². The van der Waals surface area contributed by atoms with Gasteiger partial charge in [-0.15, -0.1) is 0 Å². The Kier molecular flexibility index (Phi) is 4.30. The molecular formula is C19H32O3. The summed E-state index contributed by atoms with van der Waals surface area (Å²) in [6.45, 7) is 6.70. The van der Waals surface area contributed by atoms with Crippen molar-refractivity contribution in [3.05, 3.63) is 0 Å². The summed E-state index contributed by atoms with van der Waals surface area (Å²) >= 11 is 0. The number of methoxy groups -OCH3 is 1. The molecule has 4 aliphatic rings. The third kappa shape index (κ3) is 2.40. The van der Waals surface area contributed by atoms with Crippen LogP contribution in [0.25, 0.3) is 0 Å². The van der Waals surface area contributed by atoms with Crippen molar-refractivity contribution in [2.75, 3.05) is 13.7 Å². The minimum atomic E-state index is -0.508. The Morgan fingerprint density at radius 1 is 1.09 bits per heavy atom. The van der Waals surface area contributed by atoms with Gasteiger partial charge in [-0.25, -0.2) is 0 Å². The van der Waals surface area contributed by atoms with Crippen LogP contribution in [-0.2, 0) is 14.3 Å². The molecule has 4 saturated carbocycles. The summed E-state index contributed by atoms with van der Waals surface area (Å²) in [6.07, 6.45) is 8.28. The summed E-state index contributed by atoms with van der Waals surface area (Å²) in [5.74, 6) is 2.96. The van der Waals surface area contributed by atoms with Crippen LogP contribution in [0.1, 0.15) is 65.7 Å². The van der Waals surface area contributed by atoms with Crippen LogP contribution in [0, 0.1) is 29.1 Å². The lowest BCUT2D eigenvalue weighted by atomic mass is 9.49. The van der Waals surface area contributed by atoms with E-state index in [-0.39, 0.29) is 11.6 Å². The van der Waals surface area contributed by atoms with E-state index in [1.54, 1.807) is 7.11 Å².